The first-order chi connectivity index (χ1) is 3.18. The number of rotatable bonds is 2. The molecule has 0 atom stereocenters. The van der Waals surface area contributed by atoms with E-state index < -0.39 is 12.5 Å². The molecule has 0 spiro atoms. The highest BCUT2D eigenvalue weighted by Gasteiger charge is 1.96. The van der Waals surface area contributed by atoms with Crippen molar-refractivity contribution < 1.29 is 9.18 Å². The number of Topliss-reactive ketones (excluding diaryl/α,β-unsaturated/α-hetero) is 1. The summed E-state index contributed by atoms with van der Waals surface area (Å²) in [4.78, 5) is 10.0. The molecule has 40 valence electrons. The standard InChI is InChI=1S/C5H7FO/c1-4(2)5(7)3-6/h1,3H2,2H3. The summed E-state index contributed by atoms with van der Waals surface area (Å²) in [6.07, 6.45) is 0. The zero-order valence-electron chi connectivity index (χ0n) is 4.20. The summed E-state index contributed by atoms with van der Waals surface area (Å²) in [5.74, 6) is -0.514. The minimum Gasteiger partial charge on any atom is -0.292 e. The van der Waals surface area contributed by atoms with E-state index in [0.29, 0.717) is 0 Å². The molecule has 0 saturated carbocycles. The maximum Gasteiger partial charge on any atom is 0.188 e. The van der Waals surface area contributed by atoms with Crippen LogP contribution in [0.25, 0.3) is 0 Å². The molecule has 0 amide bonds. The molecule has 0 aliphatic heterocycles. The van der Waals surface area contributed by atoms with Crippen molar-refractivity contribution in [3.8, 4) is 0 Å². The van der Waals surface area contributed by atoms with Crippen molar-refractivity contribution in [2.75, 3.05) is 6.67 Å². The first-order valence-electron chi connectivity index (χ1n) is 1.93. The Balaban J connectivity index is 3.58. The molecule has 0 aliphatic rings. The van der Waals surface area contributed by atoms with Crippen molar-refractivity contribution in [2.45, 2.75) is 6.92 Å². The van der Waals surface area contributed by atoms with E-state index in [-0.39, 0.29) is 5.57 Å². The fraction of sp³-hybridized carbons (Fsp3) is 0.400. The summed E-state index contributed by atoms with van der Waals surface area (Å²) >= 11 is 0. The molecule has 0 rings (SSSR count). The number of carbonyl (C=O) groups is 1. The van der Waals surface area contributed by atoms with Crippen LogP contribution in [0.1, 0.15) is 6.92 Å². The lowest BCUT2D eigenvalue weighted by molar-refractivity contribution is -0.116. The first-order valence-corrected chi connectivity index (χ1v) is 1.93. The number of alkyl halides is 1. The average molecular weight is 102 g/mol. The van der Waals surface area contributed by atoms with Gasteiger partial charge in [-0.1, -0.05) is 6.58 Å². The van der Waals surface area contributed by atoms with Crippen molar-refractivity contribution in [1.82, 2.24) is 0 Å². The molecule has 1 nitrogen and oxygen atoms in total. The molecule has 7 heavy (non-hydrogen) atoms. The Labute approximate surface area is 41.8 Å². The lowest BCUT2D eigenvalue weighted by Gasteiger charge is -1.85. The van der Waals surface area contributed by atoms with Gasteiger partial charge in [0.15, 0.2) is 12.5 Å². The average Bonchev–Trinajstić information content (AvgIpc) is 1.65. The Bertz CT molecular complexity index is 96.3. The topological polar surface area (TPSA) is 17.1 Å². The fourth-order valence-electron chi connectivity index (χ4n) is 0.114. The van der Waals surface area contributed by atoms with E-state index >= 15 is 0 Å². The van der Waals surface area contributed by atoms with Crippen LogP contribution in [0.2, 0.25) is 0 Å². The molecule has 0 aromatic rings. The van der Waals surface area contributed by atoms with E-state index in [1.54, 1.807) is 0 Å². The summed E-state index contributed by atoms with van der Waals surface area (Å²) in [5.41, 5.74) is 0.280. The zero-order valence-corrected chi connectivity index (χ0v) is 4.20. The van der Waals surface area contributed by atoms with Gasteiger partial charge in [0.2, 0.25) is 0 Å². The molecule has 0 aromatic heterocycles. The monoisotopic (exact) mass is 102 g/mol. The number of allylic oxidation sites excluding steroid dienone is 1. The van der Waals surface area contributed by atoms with Gasteiger partial charge in [-0.2, -0.15) is 0 Å². The lowest BCUT2D eigenvalue weighted by atomic mass is 10.2. The van der Waals surface area contributed by atoms with Crippen LogP contribution in [0, 0.1) is 0 Å². The van der Waals surface area contributed by atoms with Crippen LogP contribution in [0.5, 0.6) is 0 Å². The first kappa shape index (κ1) is 6.34. The summed E-state index contributed by atoms with van der Waals surface area (Å²) < 4.78 is 11.2. The largest absolute Gasteiger partial charge is 0.292 e. The van der Waals surface area contributed by atoms with Gasteiger partial charge in [0.1, 0.15) is 0 Å². The van der Waals surface area contributed by atoms with Crippen LogP contribution in [-0.2, 0) is 4.79 Å². The van der Waals surface area contributed by atoms with Crippen molar-refractivity contribution in [3.63, 3.8) is 0 Å². The lowest BCUT2D eigenvalue weighted by Crippen LogP contribution is -1.98. The van der Waals surface area contributed by atoms with Gasteiger partial charge in [-0.05, 0) is 12.5 Å². The van der Waals surface area contributed by atoms with Crippen LogP contribution in [0.15, 0.2) is 12.2 Å². The van der Waals surface area contributed by atoms with Crippen LogP contribution >= 0.6 is 0 Å². The Morgan fingerprint density at radius 1 is 1.86 bits per heavy atom. The van der Waals surface area contributed by atoms with Gasteiger partial charge in [-0.25, -0.2) is 4.39 Å². The predicted molar refractivity (Wildman–Crippen MR) is 25.8 cm³/mol. The summed E-state index contributed by atoms with van der Waals surface area (Å²) in [6, 6.07) is 0. The minimum atomic E-state index is -0.921. The second kappa shape index (κ2) is 2.50. The molecule has 0 N–H and O–H groups in total. The van der Waals surface area contributed by atoms with E-state index in [9.17, 15) is 9.18 Å². The van der Waals surface area contributed by atoms with Crippen molar-refractivity contribution in [3.05, 3.63) is 12.2 Å². The molecule has 0 aliphatic carbocycles. The van der Waals surface area contributed by atoms with E-state index in [1.165, 1.54) is 6.92 Å². The van der Waals surface area contributed by atoms with Crippen LogP contribution in [-0.4, -0.2) is 12.5 Å². The highest BCUT2D eigenvalue weighted by Crippen LogP contribution is 1.87. The normalized spacial score (nSPS) is 8.29. The molecule has 0 unspecified atom stereocenters. The molecule has 0 radical (unpaired) electrons. The number of halogens is 1. The maximum absolute atomic E-state index is 11.2. The van der Waals surface area contributed by atoms with Gasteiger partial charge in [0, 0.05) is 0 Å². The number of ketones is 1. The van der Waals surface area contributed by atoms with Gasteiger partial charge >= 0.3 is 0 Å². The molecule has 0 bridgehead atoms. The quantitative estimate of drug-likeness (QED) is 0.477. The Kier molecular flexibility index (Phi) is 2.27. The number of hydrogen-bond donors (Lipinski definition) is 0. The van der Waals surface area contributed by atoms with Crippen molar-refractivity contribution in [1.29, 1.82) is 0 Å². The molecule has 0 heterocycles. The summed E-state index contributed by atoms with van der Waals surface area (Å²) in [7, 11) is 0. The predicted octanol–water partition coefficient (Wildman–Crippen LogP) is 1.10. The van der Waals surface area contributed by atoms with Crippen LogP contribution in [0.4, 0.5) is 4.39 Å². The van der Waals surface area contributed by atoms with Gasteiger partial charge < -0.3 is 0 Å². The smallest absolute Gasteiger partial charge is 0.188 e. The molecule has 0 fully saturated rings. The van der Waals surface area contributed by atoms with Gasteiger partial charge in [0.05, 0.1) is 0 Å². The number of hydrogen-bond acceptors (Lipinski definition) is 1. The Hall–Kier alpha value is -0.660. The van der Waals surface area contributed by atoms with Crippen LogP contribution < -0.4 is 0 Å². The van der Waals surface area contributed by atoms with Gasteiger partial charge in [0.25, 0.3) is 0 Å². The fourth-order valence-corrected chi connectivity index (χ4v) is 0.114. The third-order valence-electron chi connectivity index (χ3n) is 0.597. The summed E-state index contributed by atoms with van der Waals surface area (Å²) in [6.45, 7) is 3.80. The van der Waals surface area contributed by atoms with Gasteiger partial charge in [-0.15, -0.1) is 0 Å². The third-order valence-corrected chi connectivity index (χ3v) is 0.597. The van der Waals surface area contributed by atoms with E-state index in [2.05, 4.69) is 6.58 Å². The van der Waals surface area contributed by atoms with E-state index in [1.807, 2.05) is 0 Å². The minimum absolute atomic E-state index is 0.280. The Morgan fingerprint density at radius 2 is 2.29 bits per heavy atom. The van der Waals surface area contributed by atoms with E-state index in [4.69, 9.17) is 0 Å². The van der Waals surface area contributed by atoms with Crippen molar-refractivity contribution >= 4 is 5.78 Å². The SMILES string of the molecule is C=C(C)C(=O)CF. The molecule has 0 aromatic carbocycles. The Morgan fingerprint density at radius 3 is 2.29 bits per heavy atom. The van der Waals surface area contributed by atoms with Crippen molar-refractivity contribution in [2.24, 2.45) is 0 Å². The third kappa shape index (κ3) is 2.09. The second-order valence-corrected chi connectivity index (χ2v) is 1.34. The van der Waals surface area contributed by atoms with Crippen LogP contribution in [0.3, 0.4) is 0 Å². The zero-order chi connectivity index (χ0) is 5.86. The molecule has 0 saturated heterocycles. The second-order valence-electron chi connectivity index (χ2n) is 1.34. The van der Waals surface area contributed by atoms with E-state index in [0.717, 1.165) is 0 Å². The molecule has 2 heteroatoms. The molecular formula is C5H7FO. The highest BCUT2D eigenvalue weighted by atomic mass is 19.1. The molecular weight excluding hydrogens is 95.1 g/mol. The highest BCUT2D eigenvalue weighted by molar-refractivity contribution is 5.94. The summed E-state index contributed by atoms with van der Waals surface area (Å²) in [5, 5.41) is 0. The van der Waals surface area contributed by atoms with Gasteiger partial charge in [-0.3, -0.25) is 4.79 Å². The maximum atomic E-state index is 11.2. The number of carbonyl (C=O) groups excluding carboxylic acids is 1.